The lowest BCUT2D eigenvalue weighted by molar-refractivity contribution is 0.182. The minimum Gasteiger partial charge on any atom is -0.313 e. The van der Waals surface area contributed by atoms with Gasteiger partial charge in [0, 0.05) is 25.7 Å². The Morgan fingerprint density at radius 2 is 1.86 bits per heavy atom. The third-order valence-corrected chi connectivity index (χ3v) is 4.53. The Hall–Kier alpha value is -0.900. The van der Waals surface area contributed by atoms with Crippen LogP contribution in [0.5, 0.6) is 0 Å². The Morgan fingerprint density at radius 1 is 1.19 bits per heavy atom. The number of nitrogens with zero attached hydrogens (tertiary/aromatic N) is 2. The van der Waals surface area contributed by atoms with Crippen molar-refractivity contribution in [2.24, 2.45) is 0 Å². The van der Waals surface area contributed by atoms with Gasteiger partial charge in [-0.25, -0.2) is 0 Å². The van der Waals surface area contributed by atoms with Gasteiger partial charge in [-0.05, 0) is 51.5 Å². The van der Waals surface area contributed by atoms with Gasteiger partial charge in [-0.2, -0.15) is 0 Å². The van der Waals surface area contributed by atoms with E-state index in [4.69, 9.17) is 0 Å². The van der Waals surface area contributed by atoms with E-state index in [-0.39, 0.29) is 0 Å². The second-order valence-corrected chi connectivity index (χ2v) is 6.64. The predicted molar refractivity (Wildman–Crippen MR) is 90.9 cm³/mol. The molecule has 1 heterocycles. The summed E-state index contributed by atoms with van der Waals surface area (Å²) in [4.78, 5) is 4.87. The molecule has 1 N–H and O–H groups in total. The monoisotopic (exact) mass is 289 g/mol. The lowest BCUT2D eigenvalue weighted by Gasteiger charge is -2.33. The topological polar surface area (TPSA) is 18.5 Å². The molecule has 0 amide bonds. The second kappa shape index (κ2) is 8.52. The van der Waals surface area contributed by atoms with Crippen LogP contribution in [0.1, 0.15) is 31.2 Å². The van der Waals surface area contributed by atoms with Gasteiger partial charge in [-0.15, -0.1) is 0 Å². The van der Waals surface area contributed by atoms with Crippen LogP contribution < -0.4 is 5.32 Å². The molecule has 0 aliphatic carbocycles. The maximum atomic E-state index is 3.77. The van der Waals surface area contributed by atoms with E-state index in [1.165, 1.54) is 44.6 Å². The molecule has 0 saturated carbocycles. The third-order valence-electron chi connectivity index (χ3n) is 4.53. The Kier molecular flexibility index (Phi) is 6.68. The Bertz CT molecular complexity index is 383. The van der Waals surface area contributed by atoms with E-state index >= 15 is 0 Å². The Labute approximate surface area is 130 Å². The summed E-state index contributed by atoms with van der Waals surface area (Å²) in [6.07, 6.45) is 2.57. The van der Waals surface area contributed by atoms with Gasteiger partial charge in [-0.3, -0.25) is 0 Å². The highest BCUT2D eigenvalue weighted by Crippen LogP contribution is 2.15. The van der Waals surface area contributed by atoms with Crippen molar-refractivity contribution in [3.63, 3.8) is 0 Å². The van der Waals surface area contributed by atoms with E-state index in [1.807, 2.05) is 0 Å². The number of piperidine rings is 1. The molecule has 118 valence electrons. The summed E-state index contributed by atoms with van der Waals surface area (Å²) >= 11 is 0. The Morgan fingerprint density at radius 3 is 2.48 bits per heavy atom. The molecule has 1 aliphatic heterocycles. The first-order valence-electron chi connectivity index (χ1n) is 8.30. The SMILES string of the molecule is CC(CNC1CCN(CCN(C)C)CC1)c1ccccc1. The van der Waals surface area contributed by atoms with Gasteiger partial charge >= 0.3 is 0 Å². The van der Waals surface area contributed by atoms with Crippen molar-refractivity contribution < 1.29 is 0 Å². The van der Waals surface area contributed by atoms with Crippen LogP contribution in [-0.4, -0.2) is 62.7 Å². The minimum atomic E-state index is 0.595. The van der Waals surface area contributed by atoms with Crippen LogP contribution in [0.2, 0.25) is 0 Å². The van der Waals surface area contributed by atoms with Crippen LogP contribution >= 0.6 is 0 Å². The summed E-state index contributed by atoms with van der Waals surface area (Å²) in [5.74, 6) is 0.595. The molecule has 1 aromatic rings. The third kappa shape index (κ3) is 5.77. The van der Waals surface area contributed by atoms with Crippen molar-refractivity contribution in [2.45, 2.75) is 31.7 Å². The summed E-state index contributed by atoms with van der Waals surface area (Å²) in [6, 6.07) is 11.5. The fraction of sp³-hybridized carbons (Fsp3) is 0.667. The zero-order chi connectivity index (χ0) is 15.1. The average molecular weight is 289 g/mol. The van der Waals surface area contributed by atoms with Crippen LogP contribution in [0.3, 0.4) is 0 Å². The summed E-state index contributed by atoms with van der Waals surface area (Å²) in [7, 11) is 4.30. The van der Waals surface area contributed by atoms with Crippen molar-refractivity contribution in [3.05, 3.63) is 35.9 Å². The average Bonchev–Trinajstić information content (AvgIpc) is 2.52. The van der Waals surface area contributed by atoms with E-state index in [9.17, 15) is 0 Å². The summed E-state index contributed by atoms with van der Waals surface area (Å²) in [5.41, 5.74) is 1.44. The van der Waals surface area contributed by atoms with Gasteiger partial charge in [0.15, 0.2) is 0 Å². The van der Waals surface area contributed by atoms with Gasteiger partial charge in [0.2, 0.25) is 0 Å². The number of likely N-dealkylation sites (tertiary alicyclic amines) is 1. The number of hydrogen-bond acceptors (Lipinski definition) is 3. The molecule has 1 fully saturated rings. The van der Waals surface area contributed by atoms with Gasteiger partial charge < -0.3 is 15.1 Å². The predicted octanol–water partition coefficient (Wildman–Crippen LogP) is 2.41. The molecule has 1 aromatic carbocycles. The van der Waals surface area contributed by atoms with Crippen molar-refractivity contribution >= 4 is 0 Å². The number of hydrogen-bond donors (Lipinski definition) is 1. The second-order valence-electron chi connectivity index (χ2n) is 6.64. The van der Waals surface area contributed by atoms with E-state index in [0.29, 0.717) is 12.0 Å². The zero-order valence-corrected chi connectivity index (χ0v) is 13.9. The van der Waals surface area contributed by atoms with Crippen molar-refractivity contribution in [3.8, 4) is 0 Å². The molecule has 1 saturated heterocycles. The normalized spacial score (nSPS) is 19.0. The largest absolute Gasteiger partial charge is 0.313 e. The van der Waals surface area contributed by atoms with Crippen LogP contribution in [0.15, 0.2) is 30.3 Å². The highest BCUT2D eigenvalue weighted by molar-refractivity contribution is 5.19. The molecule has 3 heteroatoms. The van der Waals surface area contributed by atoms with E-state index < -0.39 is 0 Å². The van der Waals surface area contributed by atoms with Gasteiger partial charge in [0.25, 0.3) is 0 Å². The summed E-state index contributed by atoms with van der Waals surface area (Å²) in [6.45, 7) is 8.26. The zero-order valence-electron chi connectivity index (χ0n) is 13.9. The highest BCUT2D eigenvalue weighted by atomic mass is 15.2. The van der Waals surface area contributed by atoms with Gasteiger partial charge in [0.05, 0.1) is 0 Å². The van der Waals surface area contributed by atoms with Gasteiger partial charge in [0.1, 0.15) is 0 Å². The Balaban J connectivity index is 1.65. The quantitative estimate of drug-likeness (QED) is 0.831. The first-order chi connectivity index (χ1) is 10.1. The number of nitrogens with one attached hydrogen (secondary N) is 1. The minimum absolute atomic E-state index is 0.595. The lowest BCUT2D eigenvalue weighted by Crippen LogP contribution is -2.45. The van der Waals surface area contributed by atoms with E-state index in [0.717, 1.165) is 6.54 Å². The maximum Gasteiger partial charge on any atom is 0.0109 e. The summed E-state index contributed by atoms with van der Waals surface area (Å²) < 4.78 is 0. The van der Waals surface area contributed by atoms with Crippen LogP contribution in [0.25, 0.3) is 0 Å². The molecule has 0 radical (unpaired) electrons. The molecule has 21 heavy (non-hydrogen) atoms. The molecular formula is C18H31N3. The van der Waals surface area contributed by atoms with Crippen molar-refractivity contribution in [1.82, 2.24) is 15.1 Å². The standard InChI is InChI=1S/C18H31N3/c1-16(17-7-5-4-6-8-17)15-19-18-9-11-21(12-10-18)14-13-20(2)3/h4-8,16,18-19H,9-15H2,1-3H3. The molecule has 2 rings (SSSR count). The molecule has 1 aliphatic rings. The molecule has 0 aromatic heterocycles. The molecule has 0 spiro atoms. The van der Waals surface area contributed by atoms with Crippen molar-refractivity contribution in [2.75, 3.05) is 46.8 Å². The molecular weight excluding hydrogens is 258 g/mol. The molecule has 0 bridgehead atoms. The van der Waals surface area contributed by atoms with Gasteiger partial charge in [-0.1, -0.05) is 37.3 Å². The number of rotatable bonds is 7. The fourth-order valence-electron chi connectivity index (χ4n) is 2.94. The van der Waals surface area contributed by atoms with Crippen LogP contribution in [-0.2, 0) is 0 Å². The molecule has 1 atom stereocenters. The number of benzene rings is 1. The number of likely N-dealkylation sites (N-methyl/N-ethyl adjacent to an activating group) is 1. The maximum absolute atomic E-state index is 3.77. The van der Waals surface area contributed by atoms with Crippen molar-refractivity contribution in [1.29, 1.82) is 0 Å². The van der Waals surface area contributed by atoms with E-state index in [2.05, 4.69) is 66.5 Å². The highest BCUT2D eigenvalue weighted by Gasteiger charge is 2.19. The van der Waals surface area contributed by atoms with E-state index in [1.54, 1.807) is 0 Å². The van der Waals surface area contributed by atoms with Crippen LogP contribution in [0, 0.1) is 0 Å². The first kappa shape index (κ1) is 16.5. The smallest absolute Gasteiger partial charge is 0.0109 e. The first-order valence-corrected chi connectivity index (χ1v) is 8.30. The molecule has 1 unspecified atom stereocenters. The lowest BCUT2D eigenvalue weighted by atomic mass is 9.99. The molecule has 3 nitrogen and oxygen atoms in total. The summed E-state index contributed by atoms with van der Waals surface area (Å²) in [5, 5.41) is 3.77. The van der Waals surface area contributed by atoms with Crippen LogP contribution in [0.4, 0.5) is 0 Å². The fourth-order valence-corrected chi connectivity index (χ4v) is 2.94.